The number of fused-ring (bicyclic) bond motifs is 3. The zero-order valence-corrected chi connectivity index (χ0v) is 48.8. The summed E-state index contributed by atoms with van der Waals surface area (Å²) in [6.07, 6.45) is 1.94. The van der Waals surface area contributed by atoms with E-state index >= 15 is 0 Å². The largest absolute Gasteiger partial charge is 0.509 e. The van der Waals surface area contributed by atoms with Gasteiger partial charge in [0.25, 0.3) is 0 Å². The second-order valence-corrected chi connectivity index (χ2v) is 26.6. The van der Waals surface area contributed by atoms with Gasteiger partial charge in [-0.1, -0.05) is 204 Å². The van der Waals surface area contributed by atoms with Gasteiger partial charge in [0.05, 0.1) is 0 Å². The number of ether oxygens (including phenoxy) is 1. The zero-order valence-electron chi connectivity index (χ0n) is 46.5. The fourth-order valence-corrected chi connectivity index (χ4v) is 9.94. The van der Waals surface area contributed by atoms with E-state index < -0.39 is 5.41 Å². The normalized spacial score (nSPS) is 14.5. The van der Waals surface area contributed by atoms with Gasteiger partial charge in [0, 0.05) is 72.2 Å². The van der Waals surface area contributed by atoms with E-state index in [0.29, 0.717) is 11.5 Å². The summed E-state index contributed by atoms with van der Waals surface area (Å²) in [6.45, 7) is 48.5. The van der Waals surface area contributed by atoms with Crippen LogP contribution in [0.1, 0.15) is 172 Å². The van der Waals surface area contributed by atoms with Crippen molar-refractivity contribution in [1.29, 1.82) is 0 Å². The number of hydrogen-bond donors (Lipinski definition) is 0. The van der Waals surface area contributed by atoms with E-state index in [2.05, 4.69) is 275 Å². The summed E-state index contributed by atoms with van der Waals surface area (Å²) in [6, 6.07) is 45.5. The van der Waals surface area contributed by atoms with Gasteiger partial charge < -0.3 is 19.1 Å². The van der Waals surface area contributed by atoms with Crippen molar-refractivity contribution < 1.29 is 25.8 Å². The van der Waals surface area contributed by atoms with Crippen molar-refractivity contribution in [3.8, 4) is 17.3 Å². The zero-order chi connectivity index (χ0) is 51.3. The fraction of sp³-hybridized carbons (Fsp3) is 0.415. The predicted octanol–water partition coefficient (Wildman–Crippen LogP) is 17.8. The first-order valence-corrected chi connectivity index (χ1v) is 25.4. The molecular formula is C65H79N4OPt-3. The van der Waals surface area contributed by atoms with Gasteiger partial charge in [-0.15, -0.1) is 53.8 Å². The average molecular weight is 1130 g/mol. The number of nitrogens with zero attached hydrogens (tertiary/aromatic N) is 4. The Bertz CT molecular complexity index is 3100. The Morgan fingerprint density at radius 3 is 1.56 bits per heavy atom. The molecule has 0 radical (unpaired) electrons. The van der Waals surface area contributed by atoms with Crippen LogP contribution in [0.4, 0.5) is 11.4 Å². The monoisotopic (exact) mass is 1130 g/mol. The van der Waals surface area contributed by atoms with Crippen molar-refractivity contribution in [3.63, 3.8) is 0 Å². The molecule has 0 fully saturated rings. The molecule has 3 heterocycles. The molecule has 7 aromatic rings. The third-order valence-electron chi connectivity index (χ3n) is 14.1. The maximum absolute atomic E-state index is 7.28. The molecule has 378 valence electrons. The maximum Gasteiger partial charge on any atom is 0.135 e. The minimum Gasteiger partial charge on any atom is -0.509 e. The van der Waals surface area contributed by atoms with E-state index in [0.717, 1.165) is 44.4 Å². The molecule has 6 heteroatoms. The average Bonchev–Trinajstić information content (AvgIpc) is 3.83. The molecule has 0 bridgehead atoms. The van der Waals surface area contributed by atoms with E-state index in [1.54, 1.807) is 0 Å². The van der Waals surface area contributed by atoms with Crippen LogP contribution in [0, 0.1) is 29.6 Å². The summed E-state index contributed by atoms with van der Waals surface area (Å²) in [5.74, 6) is 2.12. The Kier molecular flexibility index (Phi) is 13.9. The number of pyridine rings is 1. The number of anilines is 2. The number of benzene rings is 5. The second-order valence-electron chi connectivity index (χ2n) is 26.6. The van der Waals surface area contributed by atoms with Gasteiger partial charge in [-0.3, -0.25) is 0 Å². The minimum atomic E-state index is -0.411. The van der Waals surface area contributed by atoms with Crippen LogP contribution in [0.2, 0.25) is 0 Å². The standard InChI is InChI=1S/C65H79N4O.Pt/c1-59(2,3)43-30-31-66-55(37-43)69-53-29-25-24-28-51(53)56-52(65(19,20)42-26-22-21-23-27-42)39-50(40-54(56)69)70-49-36-46(62(10,11)12)35-48(38-49)68-41-67(57(63(13,14)15)58(68)64(16,17)18)47-33-44(60(4,5)6)32-45(34-47)61(7,8)9;/h21-37,39,41H,1-20H3;/q-3;. The summed E-state index contributed by atoms with van der Waals surface area (Å²) >= 11 is 0. The molecule has 0 saturated carbocycles. The van der Waals surface area contributed by atoms with Gasteiger partial charge in [-0.2, -0.15) is 0 Å². The van der Waals surface area contributed by atoms with Crippen molar-refractivity contribution in [1.82, 2.24) is 9.55 Å². The SMILES string of the molecule is CC(C)(C)C1=C(C(C)(C)C)N(c2cc(C(C)(C)C)cc(C(C)(C)C)c2)[CH-]N1c1[c-]c(Oc2[c-]c3c(c(C(C)(C)c4ccccc4)c2)c2ccccc2n3-c2cc(C(C)(C)C)ccn2)cc(C(C)(C)C)c1.[Pt]. The Labute approximate surface area is 442 Å². The van der Waals surface area contributed by atoms with E-state index in [9.17, 15) is 0 Å². The molecule has 0 N–H and O–H groups in total. The predicted molar refractivity (Wildman–Crippen MR) is 298 cm³/mol. The van der Waals surface area contributed by atoms with Gasteiger partial charge in [0.1, 0.15) is 5.82 Å². The van der Waals surface area contributed by atoms with Crippen molar-refractivity contribution >= 4 is 33.2 Å². The van der Waals surface area contributed by atoms with E-state index in [-0.39, 0.29) is 53.6 Å². The van der Waals surface area contributed by atoms with E-state index in [4.69, 9.17) is 9.72 Å². The third-order valence-corrected chi connectivity index (χ3v) is 14.1. The molecule has 5 nitrogen and oxygen atoms in total. The van der Waals surface area contributed by atoms with Crippen LogP contribution in [-0.2, 0) is 48.1 Å². The van der Waals surface area contributed by atoms with E-state index in [1.807, 2.05) is 6.20 Å². The first kappa shape index (κ1) is 53.7. The smallest absolute Gasteiger partial charge is 0.135 e. The maximum atomic E-state index is 7.28. The molecule has 0 unspecified atom stereocenters. The molecule has 1 aliphatic rings. The summed E-state index contributed by atoms with van der Waals surface area (Å²) in [4.78, 5) is 9.90. The summed E-state index contributed by atoms with van der Waals surface area (Å²) in [5, 5.41) is 2.29. The van der Waals surface area contributed by atoms with Gasteiger partial charge in [-0.05, 0) is 85.0 Å². The van der Waals surface area contributed by atoms with Crippen molar-refractivity contribution in [2.45, 2.75) is 166 Å². The molecule has 0 atom stereocenters. The summed E-state index contributed by atoms with van der Waals surface area (Å²) < 4.78 is 9.55. The van der Waals surface area contributed by atoms with Crippen LogP contribution in [0.15, 0.2) is 121 Å². The molecule has 5 aromatic carbocycles. The van der Waals surface area contributed by atoms with Gasteiger partial charge in [0.15, 0.2) is 0 Å². The fourth-order valence-electron chi connectivity index (χ4n) is 9.94. The van der Waals surface area contributed by atoms with Gasteiger partial charge in [-0.25, -0.2) is 4.98 Å². The van der Waals surface area contributed by atoms with Crippen LogP contribution in [0.5, 0.6) is 11.5 Å². The van der Waals surface area contributed by atoms with Gasteiger partial charge in [0.2, 0.25) is 0 Å². The molecule has 1 aliphatic heterocycles. The Balaban J connectivity index is 0.00000741. The molecule has 2 aromatic heterocycles. The quantitative estimate of drug-likeness (QED) is 0.149. The molecule has 0 aliphatic carbocycles. The molecular weight excluding hydrogens is 1050 g/mol. The minimum absolute atomic E-state index is 0. The van der Waals surface area contributed by atoms with Crippen molar-refractivity contribution in [2.75, 3.05) is 9.80 Å². The summed E-state index contributed by atoms with van der Waals surface area (Å²) in [7, 11) is 0. The van der Waals surface area contributed by atoms with Crippen molar-refractivity contribution in [2.24, 2.45) is 10.8 Å². The van der Waals surface area contributed by atoms with Crippen LogP contribution in [-0.4, -0.2) is 9.55 Å². The van der Waals surface area contributed by atoms with Crippen molar-refractivity contribution in [3.05, 3.63) is 173 Å². The third kappa shape index (κ3) is 10.6. The Morgan fingerprint density at radius 2 is 1.00 bits per heavy atom. The first-order chi connectivity index (χ1) is 32.2. The number of rotatable bonds is 7. The molecule has 71 heavy (non-hydrogen) atoms. The molecule has 8 rings (SSSR count). The van der Waals surface area contributed by atoms with Gasteiger partial charge >= 0.3 is 0 Å². The molecule has 0 saturated heterocycles. The number of para-hydroxylation sites is 1. The Morgan fingerprint density at radius 1 is 0.479 bits per heavy atom. The molecule has 0 amide bonds. The number of hydrogen-bond acceptors (Lipinski definition) is 4. The van der Waals surface area contributed by atoms with Crippen LogP contribution >= 0.6 is 0 Å². The van der Waals surface area contributed by atoms with Crippen LogP contribution in [0.3, 0.4) is 0 Å². The Hall–Kier alpha value is -5.12. The topological polar surface area (TPSA) is 33.5 Å². The number of aromatic nitrogens is 2. The van der Waals surface area contributed by atoms with Crippen LogP contribution in [0.25, 0.3) is 27.6 Å². The summed E-state index contributed by atoms with van der Waals surface area (Å²) in [5.41, 5.74) is 12.8. The molecule has 0 spiro atoms. The van der Waals surface area contributed by atoms with Crippen LogP contribution < -0.4 is 14.5 Å². The first-order valence-electron chi connectivity index (χ1n) is 25.4. The van der Waals surface area contributed by atoms with E-state index in [1.165, 1.54) is 39.3 Å². The second kappa shape index (κ2) is 18.4. The number of allylic oxidation sites excluding steroid dienone is 2.